The maximum atomic E-state index is 11.7. The van der Waals surface area contributed by atoms with Crippen LogP contribution < -0.4 is 10.1 Å². The van der Waals surface area contributed by atoms with Gasteiger partial charge in [0.15, 0.2) is 5.17 Å². The number of carbonyl (C=O) groups is 1. The van der Waals surface area contributed by atoms with Gasteiger partial charge in [-0.1, -0.05) is 68.1 Å². The molecule has 0 aromatic heterocycles. The SMILES string of the molecule is CC(C)(COc1ccc(CC2SC(=N)NC2=O)cc1)c1ccccc1. The molecule has 25 heavy (non-hydrogen) atoms. The Bertz CT molecular complexity index is 757. The minimum atomic E-state index is -0.212. The molecular formula is C20H22N2O2S. The van der Waals surface area contributed by atoms with Crippen molar-refractivity contribution in [3.8, 4) is 5.75 Å². The van der Waals surface area contributed by atoms with Gasteiger partial charge in [0.1, 0.15) is 5.75 Å². The monoisotopic (exact) mass is 354 g/mol. The van der Waals surface area contributed by atoms with E-state index in [1.54, 1.807) is 0 Å². The fourth-order valence-electron chi connectivity index (χ4n) is 2.72. The number of rotatable bonds is 6. The molecule has 0 bridgehead atoms. The Morgan fingerprint density at radius 3 is 2.40 bits per heavy atom. The van der Waals surface area contributed by atoms with Crippen LogP contribution in [0.5, 0.6) is 5.75 Å². The molecule has 3 rings (SSSR count). The number of ether oxygens (including phenoxy) is 1. The summed E-state index contributed by atoms with van der Waals surface area (Å²) in [7, 11) is 0. The molecule has 4 nitrogen and oxygen atoms in total. The fourth-order valence-corrected chi connectivity index (χ4v) is 3.61. The van der Waals surface area contributed by atoms with E-state index in [0.29, 0.717) is 13.0 Å². The molecule has 0 saturated carbocycles. The summed E-state index contributed by atoms with van der Waals surface area (Å²) in [5, 5.41) is 10.1. The summed E-state index contributed by atoms with van der Waals surface area (Å²) in [5.41, 5.74) is 2.24. The van der Waals surface area contributed by atoms with Crippen LogP contribution in [0.2, 0.25) is 0 Å². The smallest absolute Gasteiger partial charge is 0.239 e. The molecule has 1 saturated heterocycles. The predicted molar refractivity (Wildman–Crippen MR) is 102 cm³/mol. The minimum Gasteiger partial charge on any atom is -0.493 e. The summed E-state index contributed by atoms with van der Waals surface area (Å²) >= 11 is 1.28. The summed E-state index contributed by atoms with van der Waals surface area (Å²) in [5.74, 6) is 0.740. The first-order valence-corrected chi connectivity index (χ1v) is 9.15. The molecular weight excluding hydrogens is 332 g/mol. The number of thioether (sulfide) groups is 1. The van der Waals surface area contributed by atoms with Crippen LogP contribution in [0.15, 0.2) is 54.6 Å². The molecule has 1 atom stereocenters. The average Bonchev–Trinajstić information content (AvgIpc) is 2.92. The second-order valence-corrected chi connectivity index (χ2v) is 8.02. The van der Waals surface area contributed by atoms with Gasteiger partial charge in [-0.15, -0.1) is 0 Å². The average molecular weight is 354 g/mol. The van der Waals surface area contributed by atoms with Gasteiger partial charge in [0.25, 0.3) is 0 Å². The van der Waals surface area contributed by atoms with Crippen molar-refractivity contribution < 1.29 is 9.53 Å². The Kier molecular flexibility index (Phi) is 5.13. The second-order valence-electron chi connectivity index (χ2n) is 6.81. The van der Waals surface area contributed by atoms with Gasteiger partial charge < -0.3 is 10.1 Å². The highest BCUT2D eigenvalue weighted by Gasteiger charge is 2.29. The number of carbonyl (C=O) groups excluding carboxylic acids is 1. The minimum absolute atomic E-state index is 0.0706. The van der Waals surface area contributed by atoms with Crippen molar-refractivity contribution >= 4 is 22.8 Å². The molecule has 1 unspecified atom stereocenters. The van der Waals surface area contributed by atoms with Gasteiger partial charge in [-0.3, -0.25) is 10.2 Å². The van der Waals surface area contributed by atoms with Crippen LogP contribution in [0.25, 0.3) is 0 Å². The van der Waals surface area contributed by atoms with Crippen molar-refractivity contribution in [3.63, 3.8) is 0 Å². The molecule has 1 heterocycles. The van der Waals surface area contributed by atoms with E-state index in [1.807, 2.05) is 42.5 Å². The van der Waals surface area contributed by atoms with E-state index in [2.05, 4.69) is 31.3 Å². The molecule has 2 aromatic rings. The van der Waals surface area contributed by atoms with Crippen LogP contribution in [0, 0.1) is 5.41 Å². The zero-order valence-electron chi connectivity index (χ0n) is 14.4. The van der Waals surface area contributed by atoms with Gasteiger partial charge in [-0.05, 0) is 29.7 Å². The van der Waals surface area contributed by atoms with Crippen molar-refractivity contribution in [2.24, 2.45) is 0 Å². The van der Waals surface area contributed by atoms with Crippen LogP contribution in [0.3, 0.4) is 0 Å². The van der Waals surface area contributed by atoms with Crippen LogP contribution in [0.4, 0.5) is 0 Å². The lowest BCUT2D eigenvalue weighted by Gasteiger charge is -2.25. The van der Waals surface area contributed by atoms with Crippen LogP contribution in [-0.4, -0.2) is 22.9 Å². The van der Waals surface area contributed by atoms with Gasteiger partial charge in [-0.25, -0.2) is 0 Å². The lowest BCUT2D eigenvalue weighted by molar-refractivity contribution is -0.118. The quantitative estimate of drug-likeness (QED) is 0.830. The van der Waals surface area contributed by atoms with E-state index in [1.165, 1.54) is 17.3 Å². The predicted octanol–water partition coefficient (Wildman–Crippen LogP) is 3.75. The molecule has 0 radical (unpaired) electrons. The number of amides is 1. The number of amidine groups is 1. The summed E-state index contributed by atoms with van der Waals surface area (Å²) in [6.07, 6.45) is 0.620. The van der Waals surface area contributed by atoms with Gasteiger partial charge >= 0.3 is 0 Å². The molecule has 1 amide bonds. The van der Waals surface area contributed by atoms with Crippen molar-refractivity contribution in [1.82, 2.24) is 5.32 Å². The first-order valence-electron chi connectivity index (χ1n) is 8.27. The Hall–Kier alpha value is -2.27. The largest absolute Gasteiger partial charge is 0.493 e. The number of nitrogens with one attached hydrogen (secondary N) is 2. The maximum Gasteiger partial charge on any atom is 0.239 e. The van der Waals surface area contributed by atoms with Crippen molar-refractivity contribution in [1.29, 1.82) is 5.41 Å². The maximum absolute atomic E-state index is 11.7. The third-order valence-corrected chi connectivity index (χ3v) is 5.29. The third-order valence-electron chi connectivity index (χ3n) is 4.29. The molecule has 5 heteroatoms. The standard InChI is InChI=1S/C20H22N2O2S/c1-20(2,15-6-4-3-5-7-15)13-24-16-10-8-14(9-11-16)12-17-18(23)22-19(21)25-17/h3-11,17H,12-13H2,1-2H3,(H2,21,22,23). The van der Waals surface area contributed by atoms with E-state index >= 15 is 0 Å². The third kappa shape index (κ3) is 4.42. The van der Waals surface area contributed by atoms with Crippen molar-refractivity contribution in [2.75, 3.05) is 6.61 Å². The second kappa shape index (κ2) is 7.31. The molecule has 1 aliphatic heterocycles. The zero-order chi connectivity index (χ0) is 17.9. The summed E-state index contributed by atoms with van der Waals surface area (Å²) < 4.78 is 5.97. The van der Waals surface area contributed by atoms with E-state index in [-0.39, 0.29) is 21.7 Å². The normalized spacial score (nSPS) is 17.4. The van der Waals surface area contributed by atoms with Crippen molar-refractivity contribution in [3.05, 3.63) is 65.7 Å². The van der Waals surface area contributed by atoms with Gasteiger partial charge in [0, 0.05) is 5.41 Å². The van der Waals surface area contributed by atoms with Crippen LogP contribution >= 0.6 is 11.8 Å². The van der Waals surface area contributed by atoms with E-state index in [9.17, 15) is 4.79 Å². The lowest BCUT2D eigenvalue weighted by Crippen LogP contribution is -2.26. The zero-order valence-corrected chi connectivity index (χ0v) is 15.2. The van der Waals surface area contributed by atoms with Crippen LogP contribution in [-0.2, 0) is 16.6 Å². The number of hydrogen-bond acceptors (Lipinski definition) is 4. The summed E-state index contributed by atoms with van der Waals surface area (Å²) in [6.45, 7) is 4.93. The number of hydrogen-bond donors (Lipinski definition) is 2. The highest BCUT2D eigenvalue weighted by molar-refractivity contribution is 8.15. The van der Waals surface area contributed by atoms with Crippen LogP contribution in [0.1, 0.15) is 25.0 Å². The van der Waals surface area contributed by atoms with E-state index in [0.717, 1.165) is 11.3 Å². The number of benzene rings is 2. The Balaban J connectivity index is 1.58. The summed E-state index contributed by atoms with van der Waals surface area (Å²) in [4.78, 5) is 11.7. The fraction of sp³-hybridized carbons (Fsp3) is 0.300. The highest BCUT2D eigenvalue weighted by Crippen LogP contribution is 2.26. The summed E-state index contributed by atoms with van der Waals surface area (Å²) in [6, 6.07) is 18.2. The molecule has 2 aromatic carbocycles. The lowest BCUT2D eigenvalue weighted by atomic mass is 9.86. The van der Waals surface area contributed by atoms with Gasteiger partial charge in [-0.2, -0.15) is 0 Å². The molecule has 0 spiro atoms. The first-order chi connectivity index (χ1) is 11.9. The first kappa shape index (κ1) is 17.5. The van der Waals surface area contributed by atoms with E-state index < -0.39 is 0 Å². The molecule has 130 valence electrons. The van der Waals surface area contributed by atoms with Gasteiger partial charge in [0.2, 0.25) is 5.91 Å². The molecule has 1 aliphatic rings. The van der Waals surface area contributed by atoms with Gasteiger partial charge in [0.05, 0.1) is 11.9 Å². The Labute approximate surface area is 152 Å². The molecule has 0 aliphatic carbocycles. The highest BCUT2D eigenvalue weighted by atomic mass is 32.2. The molecule has 1 fully saturated rings. The van der Waals surface area contributed by atoms with E-state index in [4.69, 9.17) is 10.1 Å². The Morgan fingerprint density at radius 1 is 1.12 bits per heavy atom. The van der Waals surface area contributed by atoms with Crippen molar-refractivity contribution in [2.45, 2.75) is 30.9 Å². The molecule has 2 N–H and O–H groups in total. The Morgan fingerprint density at radius 2 is 1.80 bits per heavy atom. The topological polar surface area (TPSA) is 62.2 Å².